The topological polar surface area (TPSA) is 74.1 Å². The normalized spacial score (nSPS) is 12.2. The van der Waals surface area contributed by atoms with Gasteiger partial charge in [0.15, 0.2) is 0 Å². The smallest absolute Gasteiger partial charge is 0.264 e. The van der Waals surface area contributed by atoms with Gasteiger partial charge in [-0.05, 0) is 33.6 Å². The number of benzene rings is 1. The molecule has 2 aromatic rings. The molecule has 2 rings (SSSR count). The molecular weight excluding hydrogens is 310 g/mol. The predicted molar refractivity (Wildman–Crippen MR) is 65.8 cm³/mol. The summed E-state index contributed by atoms with van der Waals surface area (Å²) in [5.41, 5.74) is 2.28. The van der Waals surface area contributed by atoms with Gasteiger partial charge in [0.25, 0.3) is 10.1 Å². The van der Waals surface area contributed by atoms with Crippen LogP contribution in [0.2, 0.25) is 0 Å². The van der Waals surface area contributed by atoms with Crippen molar-refractivity contribution in [2.45, 2.75) is 6.61 Å². The molecule has 0 aliphatic carbocycles. The third-order valence-corrected chi connectivity index (χ3v) is 3.32. The maximum Gasteiger partial charge on any atom is 0.264 e. The van der Waals surface area contributed by atoms with Crippen LogP contribution in [0, 0.1) is 0 Å². The number of aryl methyl sites for hydroxylation is 1. The van der Waals surface area contributed by atoms with Gasteiger partial charge >= 0.3 is 0 Å². The van der Waals surface area contributed by atoms with Gasteiger partial charge in [-0.2, -0.15) is 8.42 Å². The van der Waals surface area contributed by atoms with Crippen LogP contribution in [0.4, 0.5) is 0 Å². The second-order valence-electron chi connectivity index (χ2n) is 3.62. The molecule has 0 radical (unpaired) electrons. The van der Waals surface area contributed by atoms with E-state index in [1.165, 1.54) is 0 Å². The zero-order valence-corrected chi connectivity index (χ0v) is 11.6. The molecule has 17 heavy (non-hydrogen) atoms. The predicted octanol–water partition coefficient (Wildman–Crippen LogP) is 1.21. The molecule has 0 N–H and O–H groups in total. The summed E-state index contributed by atoms with van der Waals surface area (Å²) in [5, 5.41) is 7.86. The summed E-state index contributed by atoms with van der Waals surface area (Å²) < 4.78 is 28.9. The van der Waals surface area contributed by atoms with E-state index in [-0.39, 0.29) is 6.61 Å². The minimum atomic E-state index is -3.44. The molecule has 0 bridgehead atoms. The van der Waals surface area contributed by atoms with Crippen molar-refractivity contribution >= 4 is 37.1 Å². The zero-order chi connectivity index (χ0) is 12.6. The average Bonchev–Trinajstić information content (AvgIpc) is 2.57. The number of hydrogen-bond acceptors (Lipinski definition) is 5. The van der Waals surface area contributed by atoms with E-state index in [2.05, 4.69) is 26.2 Å². The lowest BCUT2D eigenvalue weighted by Gasteiger charge is -2.03. The first kappa shape index (κ1) is 12.5. The molecule has 0 saturated carbocycles. The fourth-order valence-electron chi connectivity index (χ4n) is 1.40. The van der Waals surface area contributed by atoms with Crippen LogP contribution in [0.5, 0.6) is 0 Å². The van der Waals surface area contributed by atoms with Crippen LogP contribution in [-0.2, 0) is 28.0 Å². The third kappa shape index (κ3) is 2.82. The molecular formula is C9H10BrN3O3S. The number of aromatic nitrogens is 3. The Bertz CT molecular complexity index is 665. The van der Waals surface area contributed by atoms with Crippen LogP contribution in [-0.4, -0.2) is 29.7 Å². The van der Waals surface area contributed by atoms with Crippen molar-refractivity contribution in [2.24, 2.45) is 7.05 Å². The maximum atomic E-state index is 10.9. The zero-order valence-electron chi connectivity index (χ0n) is 9.21. The quantitative estimate of drug-likeness (QED) is 0.795. The van der Waals surface area contributed by atoms with Gasteiger partial charge in [0.2, 0.25) is 0 Å². The number of rotatable bonds is 3. The van der Waals surface area contributed by atoms with Crippen LogP contribution < -0.4 is 0 Å². The molecule has 0 unspecified atom stereocenters. The van der Waals surface area contributed by atoms with E-state index in [4.69, 9.17) is 4.18 Å². The van der Waals surface area contributed by atoms with Crippen molar-refractivity contribution in [2.75, 3.05) is 6.26 Å². The van der Waals surface area contributed by atoms with Crippen LogP contribution in [0.15, 0.2) is 16.6 Å². The molecule has 0 saturated heterocycles. The lowest BCUT2D eigenvalue weighted by molar-refractivity contribution is 0.312. The Kier molecular flexibility index (Phi) is 3.19. The SMILES string of the molecule is Cn1nnc2c(Br)cc(COS(C)(=O)=O)cc21. The van der Waals surface area contributed by atoms with Gasteiger partial charge in [-0.3, -0.25) is 4.18 Å². The van der Waals surface area contributed by atoms with Gasteiger partial charge in [-0.1, -0.05) is 5.21 Å². The number of nitrogens with zero attached hydrogens (tertiary/aromatic N) is 3. The van der Waals surface area contributed by atoms with Crippen molar-refractivity contribution in [3.63, 3.8) is 0 Å². The van der Waals surface area contributed by atoms with Crippen LogP contribution in [0.1, 0.15) is 5.56 Å². The van der Waals surface area contributed by atoms with Gasteiger partial charge in [-0.25, -0.2) is 4.68 Å². The van der Waals surface area contributed by atoms with Crippen molar-refractivity contribution in [1.82, 2.24) is 15.0 Å². The van der Waals surface area contributed by atoms with Crippen LogP contribution >= 0.6 is 15.9 Å². The lowest BCUT2D eigenvalue weighted by atomic mass is 10.2. The van der Waals surface area contributed by atoms with Crippen molar-refractivity contribution < 1.29 is 12.6 Å². The molecule has 1 aromatic carbocycles. The highest BCUT2D eigenvalue weighted by Gasteiger charge is 2.09. The van der Waals surface area contributed by atoms with E-state index in [1.807, 2.05) is 0 Å². The lowest BCUT2D eigenvalue weighted by Crippen LogP contribution is -2.03. The van der Waals surface area contributed by atoms with Gasteiger partial charge < -0.3 is 0 Å². The van der Waals surface area contributed by atoms with Crippen LogP contribution in [0.3, 0.4) is 0 Å². The van der Waals surface area contributed by atoms with Gasteiger partial charge in [0.1, 0.15) is 5.52 Å². The molecule has 0 aliphatic rings. The second kappa shape index (κ2) is 4.35. The number of fused-ring (bicyclic) bond motifs is 1. The molecule has 0 amide bonds. The van der Waals surface area contributed by atoms with E-state index >= 15 is 0 Å². The fraction of sp³-hybridized carbons (Fsp3) is 0.333. The Morgan fingerprint density at radius 1 is 1.47 bits per heavy atom. The first-order valence-corrected chi connectivity index (χ1v) is 7.30. The van der Waals surface area contributed by atoms with Gasteiger partial charge in [-0.15, -0.1) is 5.10 Å². The summed E-state index contributed by atoms with van der Waals surface area (Å²) >= 11 is 3.36. The summed E-state index contributed by atoms with van der Waals surface area (Å²) in [6, 6.07) is 3.56. The monoisotopic (exact) mass is 319 g/mol. The minimum absolute atomic E-state index is 0.00144. The summed E-state index contributed by atoms with van der Waals surface area (Å²) in [5.74, 6) is 0. The largest absolute Gasteiger partial charge is 0.265 e. The van der Waals surface area contributed by atoms with Crippen molar-refractivity contribution in [3.05, 3.63) is 22.2 Å². The maximum absolute atomic E-state index is 10.9. The molecule has 0 aliphatic heterocycles. The highest BCUT2D eigenvalue weighted by Crippen LogP contribution is 2.24. The van der Waals surface area contributed by atoms with E-state index < -0.39 is 10.1 Å². The first-order chi connectivity index (χ1) is 7.87. The second-order valence-corrected chi connectivity index (χ2v) is 6.12. The van der Waals surface area contributed by atoms with E-state index in [9.17, 15) is 8.42 Å². The molecule has 92 valence electrons. The third-order valence-electron chi connectivity index (χ3n) is 2.17. The Morgan fingerprint density at radius 3 is 2.82 bits per heavy atom. The molecule has 1 heterocycles. The number of hydrogen-bond donors (Lipinski definition) is 0. The molecule has 0 atom stereocenters. The molecule has 6 nitrogen and oxygen atoms in total. The average molecular weight is 320 g/mol. The summed E-state index contributed by atoms with van der Waals surface area (Å²) in [6.07, 6.45) is 1.02. The van der Waals surface area contributed by atoms with Crippen molar-refractivity contribution in [3.8, 4) is 0 Å². The summed E-state index contributed by atoms with van der Waals surface area (Å²) in [4.78, 5) is 0. The molecule has 1 aromatic heterocycles. The Balaban J connectivity index is 2.39. The van der Waals surface area contributed by atoms with Gasteiger partial charge in [0, 0.05) is 11.5 Å². The highest BCUT2D eigenvalue weighted by atomic mass is 79.9. The summed E-state index contributed by atoms with van der Waals surface area (Å²) in [7, 11) is -1.67. The Morgan fingerprint density at radius 2 is 2.18 bits per heavy atom. The highest BCUT2D eigenvalue weighted by molar-refractivity contribution is 9.10. The van der Waals surface area contributed by atoms with Crippen LogP contribution in [0.25, 0.3) is 11.0 Å². The van der Waals surface area contributed by atoms with E-state index in [0.29, 0.717) is 0 Å². The summed E-state index contributed by atoms with van der Waals surface area (Å²) in [6.45, 7) is -0.00144. The van der Waals surface area contributed by atoms with E-state index in [0.717, 1.165) is 27.3 Å². The van der Waals surface area contributed by atoms with E-state index in [1.54, 1.807) is 23.9 Å². The van der Waals surface area contributed by atoms with Crippen molar-refractivity contribution in [1.29, 1.82) is 0 Å². The van der Waals surface area contributed by atoms with Gasteiger partial charge in [0.05, 0.1) is 18.4 Å². The fourth-order valence-corrected chi connectivity index (χ4v) is 2.33. The number of halogens is 1. The Labute approximate surface area is 107 Å². The Hall–Kier alpha value is -0.990. The first-order valence-electron chi connectivity index (χ1n) is 4.69. The molecule has 0 spiro atoms. The minimum Gasteiger partial charge on any atom is -0.265 e. The standard InChI is InChI=1S/C9H10BrN3O3S/c1-13-8-4-6(5-16-17(2,14)15)3-7(10)9(8)11-12-13/h3-4H,5H2,1-2H3. The molecule has 8 heteroatoms. The molecule has 0 fully saturated rings.